The van der Waals surface area contributed by atoms with Gasteiger partial charge in [0, 0.05) is 25.3 Å². The van der Waals surface area contributed by atoms with Gasteiger partial charge >= 0.3 is 0 Å². The maximum atomic E-state index is 13.5. The standard InChI is InChI=1S/C11H15F2NO/c1-8(15)11(12,13)9-5-4-6-10(7-9)14(2)3/h4-8,15H,1-3H3/t8-/m0/s1. The third-order valence-corrected chi connectivity index (χ3v) is 2.27. The van der Waals surface area contributed by atoms with Crippen LogP contribution in [0.1, 0.15) is 12.5 Å². The molecule has 1 rings (SSSR count). The second kappa shape index (κ2) is 4.14. The fraction of sp³-hybridized carbons (Fsp3) is 0.455. The maximum Gasteiger partial charge on any atom is 0.298 e. The summed E-state index contributed by atoms with van der Waals surface area (Å²) < 4.78 is 26.9. The molecule has 0 saturated carbocycles. The maximum absolute atomic E-state index is 13.5. The molecule has 1 atom stereocenters. The monoisotopic (exact) mass is 215 g/mol. The largest absolute Gasteiger partial charge is 0.387 e. The van der Waals surface area contributed by atoms with Crippen LogP contribution in [0.15, 0.2) is 24.3 Å². The Morgan fingerprint density at radius 1 is 1.33 bits per heavy atom. The van der Waals surface area contributed by atoms with Gasteiger partial charge in [-0.15, -0.1) is 0 Å². The average molecular weight is 215 g/mol. The number of alkyl halides is 2. The second-order valence-electron chi connectivity index (χ2n) is 3.74. The van der Waals surface area contributed by atoms with Crippen molar-refractivity contribution >= 4 is 5.69 Å². The molecule has 15 heavy (non-hydrogen) atoms. The Kier molecular flexibility index (Phi) is 3.29. The number of hydrogen-bond acceptors (Lipinski definition) is 2. The van der Waals surface area contributed by atoms with E-state index in [0.29, 0.717) is 5.69 Å². The van der Waals surface area contributed by atoms with Crippen LogP contribution in [0.3, 0.4) is 0 Å². The molecule has 0 amide bonds. The molecule has 1 N–H and O–H groups in total. The van der Waals surface area contributed by atoms with Gasteiger partial charge in [0.05, 0.1) is 0 Å². The fourth-order valence-corrected chi connectivity index (χ4v) is 1.23. The predicted molar refractivity (Wildman–Crippen MR) is 56.3 cm³/mol. The van der Waals surface area contributed by atoms with Crippen molar-refractivity contribution < 1.29 is 13.9 Å². The molecule has 2 nitrogen and oxygen atoms in total. The lowest BCUT2D eigenvalue weighted by molar-refractivity contribution is -0.106. The van der Waals surface area contributed by atoms with E-state index >= 15 is 0 Å². The van der Waals surface area contributed by atoms with Gasteiger partial charge in [-0.25, -0.2) is 0 Å². The quantitative estimate of drug-likeness (QED) is 0.835. The third kappa shape index (κ3) is 2.45. The summed E-state index contributed by atoms with van der Waals surface area (Å²) in [5.74, 6) is -3.20. The summed E-state index contributed by atoms with van der Waals surface area (Å²) in [6.45, 7) is 1.09. The van der Waals surface area contributed by atoms with Crippen LogP contribution in [-0.4, -0.2) is 25.3 Å². The first-order chi connectivity index (χ1) is 6.85. The van der Waals surface area contributed by atoms with Gasteiger partial charge in [0.1, 0.15) is 6.10 Å². The highest BCUT2D eigenvalue weighted by atomic mass is 19.3. The lowest BCUT2D eigenvalue weighted by Gasteiger charge is -2.21. The van der Waals surface area contributed by atoms with Crippen molar-refractivity contribution in [1.29, 1.82) is 0 Å². The smallest absolute Gasteiger partial charge is 0.298 e. The molecular formula is C11H15F2NO. The Labute approximate surface area is 88.1 Å². The summed E-state index contributed by atoms with van der Waals surface area (Å²) in [5.41, 5.74) is 0.525. The Hall–Kier alpha value is -1.16. The van der Waals surface area contributed by atoms with E-state index in [0.717, 1.165) is 6.92 Å². The lowest BCUT2D eigenvalue weighted by Crippen LogP contribution is -2.28. The summed E-state index contributed by atoms with van der Waals surface area (Å²) in [4.78, 5) is 1.74. The Morgan fingerprint density at radius 2 is 1.93 bits per heavy atom. The van der Waals surface area contributed by atoms with Gasteiger partial charge < -0.3 is 10.0 Å². The minimum absolute atomic E-state index is 0.163. The summed E-state index contributed by atoms with van der Waals surface area (Å²) in [6, 6.07) is 6.00. The summed E-state index contributed by atoms with van der Waals surface area (Å²) in [6.07, 6.45) is -1.69. The Morgan fingerprint density at radius 3 is 2.40 bits per heavy atom. The third-order valence-electron chi connectivity index (χ3n) is 2.27. The molecule has 0 spiro atoms. The molecule has 0 aliphatic heterocycles. The minimum Gasteiger partial charge on any atom is -0.387 e. The molecule has 1 aromatic carbocycles. The van der Waals surface area contributed by atoms with Crippen LogP contribution in [0.25, 0.3) is 0 Å². The average Bonchev–Trinajstić information content (AvgIpc) is 2.17. The van der Waals surface area contributed by atoms with Crippen molar-refractivity contribution in [2.24, 2.45) is 0 Å². The van der Waals surface area contributed by atoms with Crippen LogP contribution < -0.4 is 4.90 Å². The van der Waals surface area contributed by atoms with Crippen LogP contribution in [0.4, 0.5) is 14.5 Å². The van der Waals surface area contributed by atoms with Gasteiger partial charge in [0.15, 0.2) is 0 Å². The second-order valence-corrected chi connectivity index (χ2v) is 3.74. The number of nitrogens with zero attached hydrogens (tertiary/aromatic N) is 1. The zero-order chi connectivity index (χ0) is 11.6. The first-order valence-corrected chi connectivity index (χ1v) is 4.69. The van der Waals surface area contributed by atoms with Crippen molar-refractivity contribution in [3.05, 3.63) is 29.8 Å². The molecule has 0 radical (unpaired) electrons. The molecule has 0 heterocycles. The lowest BCUT2D eigenvalue weighted by atomic mass is 10.0. The van der Waals surface area contributed by atoms with Gasteiger partial charge in [0.2, 0.25) is 0 Å². The van der Waals surface area contributed by atoms with Crippen molar-refractivity contribution in [3.8, 4) is 0 Å². The molecule has 0 aromatic heterocycles. The number of hydrogen-bond donors (Lipinski definition) is 1. The zero-order valence-corrected chi connectivity index (χ0v) is 9.04. The fourth-order valence-electron chi connectivity index (χ4n) is 1.23. The van der Waals surface area contributed by atoms with E-state index in [1.165, 1.54) is 12.1 Å². The van der Waals surface area contributed by atoms with Gasteiger partial charge in [-0.2, -0.15) is 8.78 Å². The number of aliphatic hydroxyl groups excluding tert-OH is 1. The van der Waals surface area contributed by atoms with E-state index in [4.69, 9.17) is 5.11 Å². The van der Waals surface area contributed by atoms with Gasteiger partial charge in [-0.3, -0.25) is 0 Å². The highest BCUT2D eigenvalue weighted by Crippen LogP contribution is 2.33. The van der Waals surface area contributed by atoms with Crippen LogP contribution in [-0.2, 0) is 5.92 Å². The van der Waals surface area contributed by atoms with Crippen LogP contribution in [0, 0.1) is 0 Å². The van der Waals surface area contributed by atoms with E-state index in [2.05, 4.69) is 0 Å². The van der Waals surface area contributed by atoms with Crippen molar-refractivity contribution in [2.45, 2.75) is 19.0 Å². The predicted octanol–water partition coefficient (Wildman–Crippen LogP) is 2.23. The molecule has 0 fully saturated rings. The van der Waals surface area contributed by atoms with E-state index in [-0.39, 0.29) is 5.56 Å². The van der Waals surface area contributed by atoms with E-state index in [9.17, 15) is 8.78 Å². The van der Waals surface area contributed by atoms with Crippen LogP contribution in [0.2, 0.25) is 0 Å². The van der Waals surface area contributed by atoms with Crippen molar-refractivity contribution in [2.75, 3.05) is 19.0 Å². The van der Waals surface area contributed by atoms with Gasteiger partial charge in [-0.05, 0) is 19.1 Å². The van der Waals surface area contributed by atoms with Gasteiger partial charge in [0.25, 0.3) is 5.92 Å². The Balaban J connectivity index is 3.10. The molecule has 0 saturated heterocycles. The molecule has 84 valence electrons. The number of aliphatic hydroxyl groups is 1. The summed E-state index contributed by atoms with van der Waals surface area (Å²) >= 11 is 0. The molecule has 1 aromatic rings. The van der Waals surface area contributed by atoms with E-state index in [1.54, 1.807) is 31.1 Å². The van der Waals surface area contributed by atoms with Crippen LogP contribution in [0.5, 0.6) is 0 Å². The highest BCUT2D eigenvalue weighted by molar-refractivity contribution is 5.48. The van der Waals surface area contributed by atoms with Crippen molar-refractivity contribution in [3.63, 3.8) is 0 Å². The molecule has 0 bridgehead atoms. The highest BCUT2D eigenvalue weighted by Gasteiger charge is 2.37. The first kappa shape index (κ1) is 11.9. The normalized spacial score (nSPS) is 13.7. The zero-order valence-electron chi connectivity index (χ0n) is 9.04. The van der Waals surface area contributed by atoms with E-state index < -0.39 is 12.0 Å². The number of rotatable bonds is 3. The molecular weight excluding hydrogens is 200 g/mol. The van der Waals surface area contributed by atoms with Crippen LogP contribution >= 0.6 is 0 Å². The summed E-state index contributed by atoms with van der Waals surface area (Å²) in [7, 11) is 3.55. The van der Waals surface area contributed by atoms with Gasteiger partial charge in [-0.1, -0.05) is 12.1 Å². The molecule has 0 aliphatic rings. The van der Waals surface area contributed by atoms with E-state index in [1.807, 2.05) is 0 Å². The number of benzene rings is 1. The first-order valence-electron chi connectivity index (χ1n) is 4.69. The molecule has 4 heteroatoms. The molecule has 0 aliphatic carbocycles. The summed E-state index contributed by atoms with van der Waals surface area (Å²) in [5, 5.41) is 9.00. The topological polar surface area (TPSA) is 23.5 Å². The number of halogens is 2. The minimum atomic E-state index is -3.20. The molecule has 0 unspecified atom stereocenters. The SMILES string of the molecule is C[C@H](O)C(F)(F)c1cccc(N(C)C)c1. The number of anilines is 1. The van der Waals surface area contributed by atoms with Crippen molar-refractivity contribution in [1.82, 2.24) is 0 Å². The Bertz CT molecular complexity index is 337.